The third kappa shape index (κ3) is 6.11. The second-order valence-electron chi connectivity index (χ2n) is 11.6. The minimum Gasteiger partial charge on any atom is -0.370 e. The smallest absolute Gasteiger partial charge is 0.256 e. The van der Waals surface area contributed by atoms with Crippen molar-refractivity contribution in [1.82, 2.24) is 4.90 Å². The number of amides is 2. The molecule has 11 heteroatoms. The number of hydrogen-bond donors (Lipinski definition) is 1. The summed E-state index contributed by atoms with van der Waals surface area (Å²) >= 11 is 12.3. The number of halogens is 3. The minimum absolute atomic E-state index is 0.0957. The Kier molecular flexibility index (Phi) is 8.13. The van der Waals surface area contributed by atoms with Crippen molar-refractivity contribution in [3.8, 4) is 0 Å². The van der Waals surface area contributed by atoms with Gasteiger partial charge >= 0.3 is 0 Å². The summed E-state index contributed by atoms with van der Waals surface area (Å²) in [5, 5.41) is 0.312. The molecule has 2 aliphatic rings. The molecular formula is C28H33Cl2FN2O5S. The van der Waals surface area contributed by atoms with E-state index in [0.29, 0.717) is 16.1 Å². The van der Waals surface area contributed by atoms with Crippen LogP contribution in [0.5, 0.6) is 0 Å². The van der Waals surface area contributed by atoms with Gasteiger partial charge in [-0.05, 0) is 81.8 Å². The molecule has 212 valence electrons. The SMILES string of the molecule is CC(C)(C)S(=O)(=O)CC(C1CC1)N1C(=O)[C@](C)(CC(N)=O)OC(c2cccc(Cl)c2)C1c1ccc(Cl)c(F)c1. The van der Waals surface area contributed by atoms with E-state index in [-0.39, 0.29) is 16.7 Å². The second kappa shape index (κ2) is 10.7. The van der Waals surface area contributed by atoms with Gasteiger partial charge in [-0.2, -0.15) is 0 Å². The molecule has 7 nitrogen and oxygen atoms in total. The Hall–Kier alpha value is -2.20. The predicted molar refractivity (Wildman–Crippen MR) is 149 cm³/mol. The summed E-state index contributed by atoms with van der Waals surface area (Å²) in [6, 6.07) is 9.35. The van der Waals surface area contributed by atoms with Crippen LogP contribution in [0.1, 0.15) is 70.2 Å². The van der Waals surface area contributed by atoms with E-state index in [1.54, 1.807) is 51.1 Å². The molecule has 1 aliphatic heterocycles. The summed E-state index contributed by atoms with van der Waals surface area (Å²) in [7, 11) is -3.69. The summed E-state index contributed by atoms with van der Waals surface area (Å²) in [4.78, 5) is 27.9. The topological polar surface area (TPSA) is 107 Å². The highest BCUT2D eigenvalue weighted by Crippen LogP contribution is 2.51. The molecule has 2 aromatic rings. The van der Waals surface area contributed by atoms with E-state index in [0.717, 1.165) is 12.8 Å². The van der Waals surface area contributed by atoms with E-state index in [2.05, 4.69) is 0 Å². The van der Waals surface area contributed by atoms with Crippen LogP contribution >= 0.6 is 23.2 Å². The van der Waals surface area contributed by atoms with Crippen LogP contribution in [0.2, 0.25) is 10.0 Å². The van der Waals surface area contributed by atoms with E-state index in [1.165, 1.54) is 24.0 Å². The first-order valence-corrected chi connectivity index (χ1v) is 15.2. The van der Waals surface area contributed by atoms with E-state index in [9.17, 15) is 22.4 Å². The first kappa shape index (κ1) is 29.8. The summed E-state index contributed by atoms with van der Waals surface area (Å²) < 4.78 is 47.1. The number of rotatable bonds is 8. The molecule has 2 N–H and O–H groups in total. The zero-order valence-corrected chi connectivity index (χ0v) is 24.6. The predicted octanol–water partition coefficient (Wildman–Crippen LogP) is 5.40. The fraction of sp³-hybridized carbons (Fsp3) is 0.500. The summed E-state index contributed by atoms with van der Waals surface area (Å²) in [6.45, 7) is 6.33. The molecule has 3 unspecified atom stereocenters. The molecule has 1 saturated heterocycles. The number of carbonyl (C=O) groups excluding carboxylic acids is 2. The van der Waals surface area contributed by atoms with Gasteiger partial charge in [0.25, 0.3) is 5.91 Å². The molecule has 39 heavy (non-hydrogen) atoms. The lowest BCUT2D eigenvalue weighted by atomic mass is 9.85. The molecule has 1 saturated carbocycles. The maximum Gasteiger partial charge on any atom is 0.256 e. The van der Waals surface area contributed by atoms with Crippen LogP contribution in [0.3, 0.4) is 0 Å². The number of hydrogen-bond acceptors (Lipinski definition) is 5. The zero-order chi connectivity index (χ0) is 28.9. The summed E-state index contributed by atoms with van der Waals surface area (Å²) in [6.07, 6.45) is 0.102. The van der Waals surface area contributed by atoms with Gasteiger partial charge < -0.3 is 15.4 Å². The molecular weight excluding hydrogens is 566 g/mol. The summed E-state index contributed by atoms with van der Waals surface area (Å²) in [5.41, 5.74) is 4.79. The first-order chi connectivity index (χ1) is 18.0. The van der Waals surface area contributed by atoms with Crippen LogP contribution in [-0.2, 0) is 24.2 Å². The lowest BCUT2D eigenvalue weighted by Gasteiger charge is -2.52. The third-order valence-electron chi connectivity index (χ3n) is 7.48. The number of sulfone groups is 1. The van der Waals surface area contributed by atoms with Crippen molar-refractivity contribution in [3.63, 3.8) is 0 Å². The molecule has 0 radical (unpaired) electrons. The maximum absolute atomic E-state index is 14.8. The quantitative estimate of drug-likeness (QED) is 0.438. The van der Waals surface area contributed by atoms with Crippen LogP contribution in [0, 0.1) is 11.7 Å². The van der Waals surface area contributed by atoms with Crippen LogP contribution in [0.15, 0.2) is 42.5 Å². The van der Waals surface area contributed by atoms with Gasteiger partial charge in [0.2, 0.25) is 5.91 Å². The van der Waals surface area contributed by atoms with Gasteiger partial charge in [0.05, 0.1) is 28.0 Å². The first-order valence-electron chi connectivity index (χ1n) is 12.8. The van der Waals surface area contributed by atoms with Crippen molar-refractivity contribution < 1.29 is 27.1 Å². The fourth-order valence-corrected chi connectivity index (χ4v) is 6.81. The third-order valence-corrected chi connectivity index (χ3v) is 10.7. The average Bonchev–Trinajstić information content (AvgIpc) is 3.65. The molecule has 1 aliphatic carbocycles. The Balaban J connectivity index is 1.97. The van der Waals surface area contributed by atoms with Gasteiger partial charge in [-0.25, -0.2) is 12.8 Å². The fourth-order valence-electron chi connectivity index (χ4n) is 5.11. The average molecular weight is 600 g/mol. The zero-order valence-electron chi connectivity index (χ0n) is 22.3. The van der Waals surface area contributed by atoms with E-state index in [1.807, 2.05) is 0 Å². The molecule has 2 amide bonds. The van der Waals surface area contributed by atoms with E-state index >= 15 is 0 Å². The van der Waals surface area contributed by atoms with E-state index in [4.69, 9.17) is 33.7 Å². The number of ether oxygens (including phenoxy) is 1. The Morgan fingerprint density at radius 1 is 1.18 bits per heavy atom. The van der Waals surface area contributed by atoms with Crippen molar-refractivity contribution in [2.24, 2.45) is 11.7 Å². The van der Waals surface area contributed by atoms with Crippen LogP contribution < -0.4 is 5.73 Å². The largest absolute Gasteiger partial charge is 0.370 e. The number of morpholine rings is 1. The monoisotopic (exact) mass is 598 g/mol. The number of nitrogens with zero attached hydrogens (tertiary/aromatic N) is 1. The summed E-state index contributed by atoms with van der Waals surface area (Å²) in [5.74, 6) is -2.42. The number of primary amides is 1. The lowest BCUT2D eigenvalue weighted by molar-refractivity contribution is -0.204. The molecule has 0 bridgehead atoms. The number of carbonyl (C=O) groups is 2. The lowest BCUT2D eigenvalue weighted by Crippen LogP contribution is -2.62. The number of benzene rings is 2. The second-order valence-corrected chi connectivity index (χ2v) is 15.2. The molecule has 2 aromatic carbocycles. The highest BCUT2D eigenvalue weighted by Gasteiger charge is 2.56. The molecule has 1 heterocycles. The minimum atomic E-state index is -3.69. The normalized spacial score (nSPS) is 25.0. The van der Waals surface area contributed by atoms with Crippen LogP contribution in [0.25, 0.3) is 0 Å². The Labute approximate surface area is 238 Å². The van der Waals surface area contributed by atoms with Gasteiger partial charge in [0.15, 0.2) is 15.4 Å². The molecule has 2 fully saturated rings. The van der Waals surface area contributed by atoms with Gasteiger partial charge in [0, 0.05) is 11.1 Å². The van der Waals surface area contributed by atoms with Crippen molar-refractivity contribution >= 4 is 44.9 Å². The molecule has 0 spiro atoms. The Morgan fingerprint density at radius 3 is 2.38 bits per heavy atom. The standard InChI is InChI=1S/C28H33Cl2FN2O5S/c1-27(2,3)39(36,37)15-22(16-8-9-16)33-24(17-10-11-20(30)21(31)13-17)25(18-6-5-7-19(29)12-18)38-28(4,26(33)35)14-23(32)34/h5-7,10-13,16,22,24-25H,8-9,14-15H2,1-4H3,(H2,32,34)/t22?,24?,25?,28-/m0/s1. The van der Waals surface area contributed by atoms with Gasteiger partial charge in [0.1, 0.15) is 11.9 Å². The van der Waals surface area contributed by atoms with E-state index < -0.39 is 62.4 Å². The van der Waals surface area contributed by atoms with Gasteiger partial charge in [-0.1, -0.05) is 41.4 Å². The van der Waals surface area contributed by atoms with Crippen molar-refractivity contribution in [2.45, 2.75) is 75.5 Å². The van der Waals surface area contributed by atoms with Crippen LogP contribution in [-0.4, -0.2) is 47.3 Å². The molecule has 4 rings (SSSR count). The van der Waals surface area contributed by atoms with Crippen molar-refractivity contribution in [3.05, 3.63) is 69.5 Å². The molecule has 4 atom stereocenters. The Bertz CT molecular complexity index is 1390. The van der Waals surface area contributed by atoms with Gasteiger partial charge in [-0.15, -0.1) is 0 Å². The highest BCUT2D eigenvalue weighted by atomic mass is 35.5. The van der Waals surface area contributed by atoms with Crippen LogP contribution in [0.4, 0.5) is 4.39 Å². The van der Waals surface area contributed by atoms with Crippen molar-refractivity contribution in [2.75, 3.05) is 5.75 Å². The Morgan fingerprint density at radius 2 is 1.85 bits per heavy atom. The number of nitrogens with two attached hydrogens (primary N) is 1. The van der Waals surface area contributed by atoms with Gasteiger partial charge in [-0.3, -0.25) is 9.59 Å². The van der Waals surface area contributed by atoms with Crippen molar-refractivity contribution in [1.29, 1.82) is 0 Å². The highest BCUT2D eigenvalue weighted by molar-refractivity contribution is 7.92. The maximum atomic E-state index is 14.8. The molecule has 0 aromatic heterocycles.